The van der Waals surface area contributed by atoms with Crippen molar-refractivity contribution in [3.8, 4) is 5.75 Å². The van der Waals surface area contributed by atoms with E-state index in [9.17, 15) is 0 Å². The first-order valence-electron chi connectivity index (χ1n) is 5.46. The van der Waals surface area contributed by atoms with E-state index in [1.54, 1.807) is 12.1 Å². The van der Waals surface area contributed by atoms with Gasteiger partial charge in [-0.15, -0.1) is 0 Å². The average molecular weight is 418 g/mol. The Hall–Kier alpha value is 0.609. The first-order chi connectivity index (χ1) is 8.37. The molecule has 0 aromatic heterocycles. The van der Waals surface area contributed by atoms with Crippen LogP contribution in [0, 0.1) is 0 Å². The van der Waals surface area contributed by atoms with Gasteiger partial charge in [-0.25, -0.2) is 0 Å². The Kier molecular flexibility index (Phi) is 4.95. The summed E-state index contributed by atoms with van der Waals surface area (Å²) in [7, 11) is 0. The topological polar surface area (TPSA) is 27.7 Å². The van der Waals surface area contributed by atoms with Gasteiger partial charge in [0.1, 0.15) is 0 Å². The molecule has 18 heavy (non-hydrogen) atoms. The van der Waals surface area contributed by atoms with Gasteiger partial charge in [0.15, 0.2) is 0 Å². The van der Waals surface area contributed by atoms with Crippen molar-refractivity contribution in [3.63, 3.8) is 0 Å². The van der Waals surface area contributed by atoms with Crippen LogP contribution >= 0.6 is 34.8 Å². The number of hydrogen-bond acceptors (Lipinski definition) is 3. The summed E-state index contributed by atoms with van der Waals surface area (Å²) in [5.74, 6) is 0.509. The van der Waals surface area contributed by atoms with E-state index >= 15 is 0 Å². The first kappa shape index (κ1) is 15.0. The molecule has 2 rings (SSSR count). The van der Waals surface area contributed by atoms with E-state index in [-0.39, 0.29) is 6.10 Å². The number of benzene rings is 1. The zero-order chi connectivity index (χ0) is 13.3. The molecule has 1 heterocycles. The van der Waals surface area contributed by atoms with Gasteiger partial charge in [-0.3, -0.25) is 0 Å². The van der Waals surface area contributed by atoms with E-state index in [0.29, 0.717) is 34.0 Å². The van der Waals surface area contributed by atoms with Crippen LogP contribution in [-0.4, -0.2) is 38.5 Å². The van der Waals surface area contributed by atoms with Gasteiger partial charge in [-0.1, -0.05) is 0 Å². The average Bonchev–Trinajstić information content (AvgIpc) is 2.62. The molecule has 1 aromatic carbocycles. The van der Waals surface area contributed by atoms with Gasteiger partial charge < -0.3 is 0 Å². The van der Waals surface area contributed by atoms with Crippen LogP contribution in [0.4, 0.5) is 0 Å². The Morgan fingerprint density at radius 2 is 1.89 bits per heavy atom. The van der Waals surface area contributed by atoms with Gasteiger partial charge in [-0.2, -0.15) is 0 Å². The maximum atomic E-state index is 6.02. The van der Waals surface area contributed by atoms with Gasteiger partial charge >= 0.3 is 127 Å². The second-order valence-corrected chi connectivity index (χ2v) is 15.2. The Balaban J connectivity index is 1.97. The van der Waals surface area contributed by atoms with Gasteiger partial charge in [0.25, 0.3) is 0 Å². The number of halogens is 3. The summed E-state index contributed by atoms with van der Waals surface area (Å²) in [6.45, 7) is 0.986. The summed E-state index contributed by atoms with van der Waals surface area (Å²) in [6, 6.07) is 3.17. The van der Waals surface area contributed by atoms with Crippen molar-refractivity contribution in [2.75, 3.05) is 13.2 Å². The molecule has 0 spiro atoms. The molecule has 0 saturated carbocycles. The summed E-state index contributed by atoms with van der Waals surface area (Å²) < 4.78 is 17.1. The second-order valence-electron chi connectivity index (χ2n) is 4.46. The minimum absolute atomic E-state index is 0.0266. The summed E-state index contributed by atoms with van der Waals surface area (Å²) in [6.07, 6.45) is -0.0266. The van der Waals surface area contributed by atoms with Crippen LogP contribution in [0.15, 0.2) is 12.1 Å². The Morgan fingerprint density at radius 1 is 1.22 bits per heavy atom. The molecule has 1 aliphatic rings. The number of hydrogen-bond donors (Lipinski definition) is 0. The maximum absolute atomic E-state index is 6.02. The molecule has 100 valence electrons. The third-order valence-electron chi connectivity index (χ3n) is 2.47. The molecule has 0 amide bonds. The molecule has 0 aliphatic carbocycles. The van der Waals surface area contributed by atoms with Crippen molar-refractivity contribution in [3.05, 3.63) is 27.2 Å². The molecule has 1 saturated heterocycles. The minimum atomic E-state index is -2.64. The van der Waals surface area contributed by atoms with Gasteiger partial charge in [-0.05, 0) is 0 Å². The van der Waals surface area contributed by atoms with E-state index in [1.807, 2.05) is 0 Å². The predicted octanol–water partition coefficient (Wildman–Crippen LogP) is 4.14. The molecule has 0 bridgehead atoms. The van der Waals surface area contributed by atoms with E-state index in [0.717, 1.165) is 0 Å². The zero-order valence-electron chi connectivity index (χ0n) is 10.0. The number of rotatable bonds is 3. The molecule has 0 radical (unpaired) electrons. The molecular weight excluding hydrogens is 405 g/mol. The molecule has 1 aliphatic heterocycles. The fourth-order valence-electron chi connectivity index (χ4n) is 1.64. The van der Waals surface area contributed by atoms with Crippen molar-refractivity contribution in [1.29, 1.82) is 0 Å². The van der Waals surface area contributed by atoms with Gasteiger partial charge in [0.2, 0.25) is 0 Å². The molecule has 0 N–H and O–H groups in total. The van der Waals surface area contributed by atoms with Gasteiger partial charge in [0, 0.05) is 0 Å². The van der Waals surface area contributed by atoms with Crippen molar-refractivity contribution in [2.24, 2.45) is 0 Å². The van der Waals surface area contributed by atoms with Crippen LogP contribution < -0.4 is 4.74 Å². The van der Waals surface area contributed by atoms with E-state index in [2.05, 4.69) is 9.88 Å². The van der Waals surface area contributed by atoms with Crippen molar-refractivity contribution in [2.45, 2.75) is 16.0 Å². The number of ether oxygens (including phenoxy) is 1. The van der Waals surface area contributed by atoms with E-state index in [1.165, 1.54) is 0 Å². The first-order valence-corrected chi connectivity index (χ1v) is 14.6. The van der Waals surface area contributed by atoms with Gasteiger partial charge in [0.05, 0.1) is 0 Å². The molecule has 7 heteroatoms. The molecule has 1 fully saturated rings. The summed E-state index contributed by atoms with van der Waals surface area (Å²) in [5.41, 5.74) is 0. The fraction of sp³-hybridized carbons (Fsp3) is 0.455. The van der Waals surface area contributed by atoms with Crippen molar-refractivity contribution < 1.29 is 10.9 Å². The summed E-state index contributed by atoms with van der Waals surface area (Å²) >= 11 is 15.1. The molecule has 1 aromatic rings. The molecule has 1 unspecified atom stereocenters. The predicted molar refractivity (Wildman–Crippen MR) is 75.3 cm³/mol. The van der Waals surface area contributed by atoms with Crippen LogP contribution in [0.3, 0.4) is 0 Å². The second kappa shape index (κ2) is 5.93. The standard InChI is InChI=1S/C9H7Cl3O3.2CH3.Sn/c10-6-1-8(12)9(2-7(6)11)15-4-5(14)3-13;;;/h1-2,5H,3-4H2;2*1H3;/q-2;;;+2. The molecule has 1 atom stereocenters. The normalized spacial score (nSPS) is 22.2. The molecule has 3 nitrogen and oxygen atoms in total. The van der Waals surface area contributed by atoms with Crippen LogP contribution in [-0.2, 0) is 6.15 Å². The third-order valence-corrected chi connectivity index (χ3v) is 8.52. The Bertz CT molecular complexity index is 453. The third kappa shape index (κ3) is 3.81. The van der Waals surface area contributed by atoms with Crippen LogP contribution in [0.5, 0.6) is 5.75 Å². The summed E-state index contributed by atoms with van der Waals surface area (Å²) in [5, 5.41) is 1.26. The van der Waals surface area contributed by atoms with Crippen LogP contribution in [0.2, 0.25) is 24.9 Å². The Labute approximate surface area is 126 Å². The van der Waals surface area contributed by atoms with E-state index < -0.39 is 19.2 Å². The monoisotopic (exact) mass is 418 g/mol. The molecular formula is C11H13Cl3O3Sn. The quantitative estimate of drug-likeness (QED) is 0.546. The zero-order valence-corrected chi connectivity index (χ0v) is 15.1. The van der Waals surface area contributed by atoms with Crippen molar-refractivity contribution >= 4 is 54.0 Å². The Morgan fingerprint density at radius 3 is 2.50 bits per heavy atom. The van der Waals surface area contributed by atoms with Crippen molar-refractivity contribution in [1.82, 2.24) is 0 Å². The fourth-order valence-corrected chi connectivity index (χ4v) is 6.78. The van der Waals surface area contributed by atoms with Crippen LogP contribution in [0.1, 0.15) is 0 Å². The van der Waals surface area contributed by atoms with E-state index in [4.69, 9.17) is 45.7 Å². The SMILES string of the molecule is [CH3][Sn]1([CH3])[O]CC(COc2cc(Cl)c(Cl)cc2Cl)[O]1. The summed E-state index contributed by atoms with van der Waals surface area (Å²) in [4.78, 5) is 4.14. The van der Waals surface area contributed by atoms with Crippen LogP contribution in [0.25, 0.3) is 0 Å².